The third-order valence-corrected chi connectivity index (χ3v) is 8.36. The van der Waals surface area contributed by atoms with Gasteiger partial charge in [-0.1, -0.05) is 87.4 Å². The van der Waals surface area contributed by atoms with Gasteiger partial charge >= 0.3 is 0 Å². The zero-order valence-corrected chi connectivity index (χ0v) is 21.5. The number of benzene rings is 2. The number of piperazine rings is 1. The number of hydrogen-bond acceptors (Lipinski definition) is 4. The van der Waals surface area contributed by atoms with Gasteiger partial charge in [0.1, 0.15) is 0 Å². The Balaban J connectivity index is 1.04. The zero-order valence-electron chi connectivity index (χ0n) is 20.7. The molecule has 0 radical (unpaired) electrons. The van der Waals surface area contributed by atoms with Crippen LogP contribution in [-0.4, -0.2) is 56.1 Å². The smallest absolute Gasteiger partial charge is 0.0552 e. The summed E-state index contributed by atoms with van der Waals surface area (Å²) in [5, 5.41) is 0. The molecule has 2 aliphatic rings. The number of anilines is 2. The maximum atomic E-state index is 2.65. The van der Waals surface area contributed by atoms with Gasteiger partial charge < -0.3 is 14.7 Å². The molecule has 0 spiro atoms. The molecule has 0 atom stereocenters. The molecule has 180 valence electrons. The van der Waals surface area contributed by atoms with Crippen molar-refractivity contribution in [2.45, 2.75) is 74.0 Å². The van der Waals surface area contributed by atoms with Gasteiger partial charge in [-0.25, -0.2) is 0 Å². The van der Waals surface area contributed by atoms with Crippen LogP contribution in [-0.2, 0) is 0 Å². The lowest BCUT2D eigenvalue weighted by molar-refractivity contribution is 0.152. The van der Waals surface area contributed by atoms with Crippen LogP contribution in [0.25, 0.3) is 0 Å². The Labute approximate surface area is 206 Å². The van der Waals surface area contributed by atoms with Crippen molar-refractivity contribution >= 4 is 23.1 Å². The first-order valence-corrected chi connectivity index (χ1v) is 14.2. The number of unbranched alkanes of at least 4 members (excludes halogenated alkanes) is 9. The Morgan fingerprint density at radius 1 is 0.576 bits per heavy atom. The van der Waals surface area contributed by atoms with E-state index in [9.17, 15) is 0 Å². The average molecular weight is 466 g/mol. The minimum Gasteiger partial charge on any atom is -0.340 e. The molecule has 0 unspecified atom stereocenters. The molecule has 0 aromatic heterocycles. The number of fused-ring (bicyclic) bond motifs is 2. The Bertz CT molecular complexity index is 786. The number of nitrogens with zero attached hydrogens (tertiary/aromatic N) is 3. The minimum atomic E-state index is 1.13. The maximum absolute atomic E-state index is 2.65. The van der Waals surface area contributed by atoms with E-state index in [4.69, 9.17) is 0 Å². The van der Waals surface area contributed by atoms with Crippen molar-refractivity contribution in [2.75, 3.05) is 51.2 Å². The predicted octanol–water partition coefficient (Wildman–Crippen LogP) is 7.44. The number of rotatable bonds is 13. The first-order chi connectivity index (χ1) is 16.3. The molecule has 3 nitrogen and oxygen atoms in total. The first-order valence-electron chi connectivity index (χ1n) is 13.4. The van der Waals surface area contributed by atoms with E-state index in [0.717, 1.165) is 6.54 Å². The van der Waals surface area contributed by atoms with Gasteiger partial charge in [0.2, 0.25) is 0 Å². The van der Waals surface area contributed by atoms with E-state index in [1.807, 2.05) is 11.8 Å². The standard InChI is InChI=1S/C29H43N3S/c1-30-22-24-31(25-23-30)20-14-8-6-4-2-3-5-7-9-15-21-32-26-16-10-12-18-28(26)33-29-19-13-11-17-27(29)32/h10-13,16-19H,2-9,14-15,20-25H2,1H3. The van der Waals surface area contributed by atoms with E-state index in [1.54, 1.807) is 0 Å². The third-order valence-electron chi connectivity index (χ3n) is 7.23. The highest BCUT2D eigenvalue weighted by Gasteiger charge is 2.22. The van der Waals surface area contributed by atoms with Crippen LogP contribution in [0.2, 0.25) is 0 Å². The lowest BCUT2D eigenvalue weighted by Gasteiger charge is -2.32. The number of para-hydroxylation sites is 2. The highest BCUT2D eigenvalue weighted by Crippen LogP contribution is 2.47. The van der Waals surface area contributed by atoms with Gasteiger partial charge in [-0.3, -0.25) is 0 Å². The monoisotopic (exact) mass is 465 g/mol. The maximum Gasteiger partial charge on any atom is 0.0552 e. The largest absolute Gasteiger partial charge is 0.340 e. The van der Waals surface area contributed by atoms with E-state index < -0.39 is 0 Å². The van der Waals surface area contributed by atoms with Crippen LogP contribution >= 0.6 is 11.8 Å². The van der Waals surface area contributed by atoms with Crippen molar-refractivity contribution in [3.05, 3.63) is 48.5 Å². The lowest BCUT2D eigenvalue weighted by Crippen LogP contribution is -2.44. The van der Waals surface area contributed by atoms with E-state index >= 15 is 0 Å². The van der Waals surface area contributed by atoms with Crippen molar-refractivity contribution < 1.29 is 0 Å². The summed E-state index contributed by atoms with van der Waals surface area (Å²) in [4.78, 5) is 10.4. The fourth-order valence-electron chi connectivity index (χ4n) is 5.11. The summed E-state index contributed by atoms with van der Waals surface area (Å²) in [6.07, 6.45) is 13.9. The molecule has 1 fully saturated rings. The summed E-state index contributed by atoms with van der Waals surface area (Å²) in [5.74, 6) is 0. The summed E-state index contributed by atoms with van der Waals surface area (Å²) >= 11 is 1.91. The highest BCUT2D eigenvalue weighted by atomic mass is 32.2. The van der Waals surface area contributed by atoms with E-state index in [1.165, 1.54) is 118 Å². The topological polar surface area (TPSA) is 9.72 Å². The fraction of sp³-hybridized carbons (Fsp3) is 0.586. The third kappa shape index (κ3) is 7.50. The molecule has 4 heteroatoms. The molecule has 0 amide bonds. The summed E-state index contributed by atoms with van der Waals surface area (Å²) < 4.78 is 0. The van der Waals surface area contributed by atoms with Gasteiger partial charge in [0.15, 0.2) is 0 Å². The molecule has 2 heterocycles. The Morgan fingerprint density at radius 3 is 1.58 bits per heavy atom. The quantitative estimate of drug-likeness (QED) is 0.284. The summed E-state index contributed by atoms with van der Waals surface area (Å²) in [6.45, 7) is 7.48. The van der Waals surface area contributed by atoms with Crippen LogP contribution in [0.4, 0.5) is 11.4 Å². The van der Waals surface area contributed by atoms with Crippen molar-refractivity contribution in [3.8, 4) is 0 Å². The fourth-order valence-corrected chi connectivity index (χ4v) is 6.21. The Kier molecular flexibility index (Phi) is 10.0. The van der Waals surface area contributed by atoms with Crippen molar-refractivity contribution in [3.63, 3.8) is 0 Å². The first kappa shape index (κ1) is 24.6. The summed E-state index contributed by atoms with van der Waals surface area (Å²) in [7, 11) is 2.24. The Hall–Kier alpha value is -1.49. The molecular formula is C29H43N3S. The summed E-state index contributed by atoms with van der Waals surface area (Å²) in [6, 6.07) is 17.7. The van der Waals surface area contributed by atoms with Crippen molar-refractivity contribution in [2.24, 2.45) is 0 Å². The lowest BCUT2D eigenvalue weighted by atomic mass is 10.1. The van der Waals surface area contributed by atoms with Crippen LogP contribution in [0.1, 0.15) is 64.2 Å². The summed E-state index contributed by atoms with van der Waals surface area (Å²) in [5.41, 5.74) is 2.77. The molecule has 0 bridgehead atoms. The second kappa shape index (κ2) is 13.4. The molecular weight excluding hydrogens is 422 g/mol. The van der Waals surface area contributed by atoms with Gasteiger partial charge in [-0.2, -0.15) is 0 Å². The van der Waals surface area contributed by atoms with E-state index in [0.29, 0.717) is 0 Å². The van der Waals surface area contributed by atoms with Crippen LogP contribution in [0.15, 0.2) is 58.3 Å². The van der Waals surface area contributed by atoms with Crippen LogP contribution < -0.4 is 4.90 Å². The Morgan fingerprint density at radius 2 is 1.03 bits per heavy atom. The van der Waals surface area contributed by atoms with Gasteiger partial charge in [0.05, 0.1) is 11.4 Å². The minimum absolute atomic E-state index is 1.13. The molecule has 0 saturated carbocycles. The normalized spacial score (nSPS) is 16.6. The highest BCUT2D eigenvalue weighted by molar-refractivity contribution is 7.99. The van der Waals surface area contributed by atoms with Gasteiger partial charge in [-0.05, 0) is 50.7 Å². The molecule has 2 aromatic carbocycles. The van der Waals surface area contributed by atoms with Crippen LogP contribution in [0.5, 0.6) is 0 Å². The molecule has 4 rings (SSSR count). The van der Waals surface area contributed by atoms with Crippen molar-refractivity contribution in [1.29, 1.82) is 0 Å². The molecule has 2 aromatic rings. The number of likely N-dealkylation sites (N-methyl/N-ethyl adjacent to an activating group) is 1. The SMILES string of the molecule is CN1CCN(CCCCCCCCCCCCN2c3ccccc3Sc3ccccc32)CC1. The molecule has 0 aliphatic carbocycles. The molecule has 0 N–H and O–H groups in total. The molecule has 1 saturated heterocycles. The van der Waals surface area contributed by atoms with Gasteiger partial charge in [-0.15, -0.1) is 0 Å². The molecule has 33 heavy (non-hydrogen) atoms. The van der Waals surface area contributed by atoms with Crippen LogP contribution in [0, 0.1) is 0 Å². The predicted molar refractivity (Wildman–Crippen MR) is 144 cm³/mol. The van der Waals surface area contributed by atoms with Gasteiger partial charge in [0.25, 0.3) is 0 Å². The second-order valence-electron chi connectivity index (χ2n) is 9.87. The van der Waals surface area contributed by atoms with Crippen LogP contribution in [0.3, 0.4) is 0 Å². The second-order valence-corrected chi connectivity index (χ2v) is 11.0. The zero-order chi connectivity index (χ0) is 22.7. The number of hydrogen-bond donors (Lipinski definition) is 0. The van der Waals surface area contributed by atoms with E-state index in [-0.39, 0.29) is 0 Å². The van der Waals surface area contributed by atoms with Crippen molar-refractivity contribution in [1.82, 2.24) is 9.80 Å². The van der Waals surface area contributed by atoms with E-state index in [2.05, 4.69) is 70.3 Å². The average Bonchev–Trinajstić information content (AvgIpc) is 2.85. The molecule has 2 aliphatic heterocycles. The van der Waals surface area contributed by atoms with Gasteiger partial charge in [0, 0.05) is 42.5 Å².